The first-order valence-electron chi connectivity index (χ1n) is 6.41. The normalized spacial score (nSPS) is 46.2. The molecule has 2 bridgehead atoms. The van der Waals surface area contributed by atoms with Crippen molar-refractivity contribution in [2.75, 3.05) is 24.6 Å². The first-order chi connectivity index (χ1) is 7.33. The molecule has 4 unspecified atom stereocenters. The van der Waals surface area contributed by atoms with Crippen molar-refractivity contribution in [3.05, 3.63) is 0 Å². The molecular weight excluding hydrogens is 204 g/mol. The van der Waals surface area contributed by atoms with Gasteiger partial charge in [-0.05, 0) is 32.1 Å². The maximum absolute atomic E-state index is 3.75. The SMILES string of the molecule is CC1CSCCN1CC1CC2CCC1N2. The van der Waals surface area contributed by atoms with Gasteiger partial charge < -0.3 is 5.32 Å². The first-order valence-corrected chi connectivity index (χ1v) is 7.56. The third kappa shape index (κ3) is 2.06. The van der Waals surface area contributed by atoms with Crippen LogP contribution in [0.4, 0.5) is 0 Å². The van der Waals surface area contributed by atoms with Crippen molar-refractivity contribution in [1.82, 2.24) is 10.2 Å². The summed E-state index contributed by atoms with van der Waals surface area (Å²) >= 11 is 2.12. The van der Waals surface area contributed by atoms with Gasteiger partial charge in [-0.2, -0.15) is 11.8 Å². The van der Waals surface area contributed by atoms with Crippen LogP contribution in [0.15, 0.2) is 0 Å². The van der Waals surface area contributed by atoms with Gasteiger partial charge in [0.15, 0.2) is 0 Å². The van der Waals surface area contributed by atoms with Crippen LogP contribution >= 0.6 is 11.8 Å². The fourth-order valence-electron chi connectivity index (χ4n) is 3.47. The van der Waals surface area contributed by atoms with Gasteiger partial charge in [0.05, 0.1) is 0 Å². The Hall–Kier alpha value is 0.270. The molecule has 4 atom stereocenters. The molecule has 0 aromatic heterocycles. The quantitative estimate of drug-likeness (QED) is 0.769. The minimum Gasteiger partial charge on any atom is -0.311 e. The zero-order chi connectivity index (χ0) is 10.3. The minimum atomic E-state index is 0.808. The summed E-state index contributed by atoms with van der Waals surface area (Å²) in [4.78, 5) is 2.73. The summed E-state index contributed by atoms with van der Waals surface area (Å²) in [7, 11) is 0. The standard InChI is InChI=1S/C12H22N2S/c1-9-8-15-5-4-14(9)7-10-6-11-2-3-12(10)13-11/h9-13H,2-8H2,1H3. The molecule has 0 aromatic rings. The molecule has 0 spiro atoms. The monoisotopic (exact) mass is 226 g/mol. The lowest BCUT2D eigenvalue weighted by molar-refractivity contribution is 0.181. The van der Waals surface area contributed by atoms with E-state index in [1.54, 1.807) is 0 Å². The predicted octanol–water partition coefficient (Wildman–Crippen LogP) is 1.56. The topological polar surface area (TPSA) is 15.3 Å². The Morgan fingerprint density at radius 3 is 3.00 bits per heavy atom. The Balaban J connectivity index is 1.56. The van der Waals surface area contributed by atoms with E-state index in [0.29, 0.717) is 0 Å². The maximum Gasteiger partial charge on any atom is 0.0158 e. The van der Waals surface area contributed by atoms with Crippen molar-refractivity contribution < 1.29 is 0 Å². The second kappa shape index (κ2) is 4.27. The molecule has 3 heteroatoms. The van der Waals surface area contributed by atoms with E-state index >= 15 is 0 Å². The molecule has 2 nitrogen and oxygen atoms in total. The highest BCUT2D eigenvalue weighted by Crippen LogP contribution is 2.34. The number of fused-ring (bicyclic) bond motifs is 2. The Morgan fingerprint density at radius 1 is 1.40 bits per heavy atom. The zero-order valence-corrected chi connectivity index (χ0v) is 10.4. The Labute approximate surface area is 97.2 Å². The van der Waals surface area contributed by atoms with E-state index in [9.17, 15) is 0 Å². The van der Waals surface area contributed by atoms with E-state index in [0.717, 1.165) is 24.0 Å². The van der Waals surface area contributed by atoms with E-state index in [4.69, 9.17) is 0 Å². The molecule has 0 radical (unpaired) electrons. The van der Waals surface area contributed by atoms with Crippen LogP contribution in [-0.4, -0.2) is 47.6 Å². The van der Waals surface area contributed by atoms with Gasteiger partial charge >= 0.3 is 0 Å². The number of hydrogen-bond donors (Lipinski definition) is 1. The molecule has 15 heavy (non-hydrogen) atoms. The summed E-state index contributed by atoms with van der Waals surface area (Å²) in [6, 6.07) is 2.54. The summed E-state index contributed by atoms with van der Waals surface area (Å²) in [5.41, 5.74) is 0. The van der Waals surface area contributed by atoms with Crippen molar-refractivity contribution in [2.45, 2.75) is 44.3 Å². The van der Waals surface area contributed by atoms with Crippen LogP contribution < -0.4 is 5.32 Å². The molecule has 3 rings (SSSR count). The van der Waals surface area contributed by atoms with Crippen LogP contribution in [0.2, 0.25) is 0 Å². The van der Waals surface area contributed by atoms with Crippen LogP contribution in [0.5, 0.6) is 0 Å². The number of hydrogen-bond acceptors (Lipinski definition) is 3. The highest BCUT2D eigenvalue weighted by Gasteiger charge is 2.40. The molecule has 0 aliphatic carbocycles. The third-order valence-electron chi connectivity index (χ3n) is 4.41. The Bertz CT molecular complexity index is 234. The van der Waals surface area contributed by atoms with Crippen molar-refractivity contribution in [3.63, 3.8) is 0 Å². The smallest absolute Gasteiger partial charge is 0.0158 e. The van der Waals surface area contributed by atoms with Gasteiger partial charge in [-0.3, -0.25) is 4.90 Å². The van der Waals surface area contributed by atoms with Gasteiger partial charge in [-0.25, -0.2) is 0 Å². The summed E-state index contributed by atoms with van der Waals surface area (Å²) in [6.45, 7) is 5.07. The van der Waals surface area contributed by atoms with Gasteiger partial charge in [0.25, 0.3) is 0 Å². The van der Waals surface area contributed by atoms with Crippen LogP contribution in [0.25, 0.3) is 0 Å². The average Bonchev–Trinajstić information content (AvgIpc) is 2.83. The molecule has 3 aliphatic heterocycles. The molecule has 0 saturated carbocycles. The minimum absolute atomic E-state index is 0.808. The molecule has 0 amide bonds. The highest BCUT2D eigenvalue weighted by molar-refractivity contribution is 7.99. The maximum atomic E-state index is 3.75. The number of nitrogens with one attached hydrogen (secondary N) is 1. The summed E-state index contributed by atoms with van der Waals surface area (Å²) in [6.07, 6.45) is 4.32. The summed E-state index contributed by atoms with van der Waals surface area (Å²) in [5, 5.41) is 3.75. The molecule has 0 aromatic carbocycles. The van der Waals surface area contributed by atoms with Crippen molar-refractivity contribution in [2.24, 2.45) is 5.92 Å². The lowest BCUT2D eigenvalue weighted by atomic mass is 9.88. The van der Waals surface area contributed by atoms with Crippen molar-refractivity contribution in [3.8, 4) is 0 Å². The van der Waals surface area contributed by atoms with E-state index in [1.165, 1.54) is 43.9 Å². The Kier molecular flexibility index (Phi) is 2.97. The van der Waals surface area contributed by atoms with Crippen LogP contribution in [0, 0.1) is 5.92 Å². The largest absolute Gasteiger partial charge is 0.311 e. The van der Waals surface area contributed by atoms with Gasteiger partial charge in [0.2, 0.25) is 0 Å². The summed E-state index contributed by atoms with van der Waals surface area (Å²) in [5.74, 6) is 3.64. The number of thioether (sulfide) groups is 1. The molecule has 3 aliphatic rings. The lowest BCUT2D eigenvalue weighted by Gasteiger charge is -2.36. The molecule has 3 heterocycles. The van der Waals surface area contributed by atoms with Gasteiger partial charge in [-0.1, -0.05) is 0 Å². The summed E-state index contributed by atoms with van der Waals surface area (Å²) < 4.78 is 0. The lowest BCUT2D eigenvalue weighted by Crippen LogP contribution is -2.45. The zero-order valence-electron chi connectivity index (χ0n) is 9.61. The number of nitrogens with zero attached hydrogens (tertiary/aromatic N) is 1. The predicted molar refractivity (Wildman–Crippen MR) is 66.4 cm³/mol. The van der Waals surface area contributed by atoms with Crippen LogP contribution in [-0.2, 0) is 0 Å². The van der Waals surface area contributed by atoms with Crippen LogP contribution in [0.1, 0.15) is 26.2 Å². The van der Waals surface area contributed by atoms with Crippen LogP contribution in [0.3, 0.4) is 0 Å². The second-order valence-electron chi connectivity index (χ2n) is 5.46. The van der Waals surface area contributed by atoms with E-state index in [2.05, 4.69) is 28.9 Å². The second-order valence-corrected chi connectivity index (χ2v) is 6.61. The van der Waals surface area contributed by atoms with Crippen molar-refractivity contribution in [1.29, 1.82) is 0 Å². The van der Waals surface area contributed by atoms with E-state index < -0.39 is 0 Å². The van der Waals surface area contributed by atoms with Gasteiger partial charge in [0, 0.05) is 42.7 Å². The van der Waals surface area contributed by atoms with Crippen molar-refractivity contribution >= 4 is 11.8 Å². The Morgan fingerprint density at radius 2 is 2.33 bits per heavy atom. The van der Waals surface area contributed by atoms with E-state index in [1.807, 2.05) is 0 Å². The molecular formula is C12H22N2S. The third-order valence-corrected chi connectivity index (χ3v) is 5.60. The molecule has 3 fully saturated rings. The number of rotatable bonds is 2. The van der Waals surface area contributed by atoms with Gasteiger partial charge in [-0.15, -0.1) is 0 Å². The first kappa shape index (κ1) is 10.4. The average molecular weight is 226 g/mol. The van der Waals surface area contributed by atoms with Gasteiger partial charge in [0.1, 0.15) is 0 Å². The molecule has 1 N–H and O–H groups in total. The fraction of sp³-hybridized carbons (Fsp3) is 1.00. The van der Waals surface area contributed by atoms with E-state index in [-0.39, 0.29) is 0 Å². The molecule has 3 saturated heterocycles. The fourth-order valence-corrected chi connectivity index (χ4v) is 4.56. The highest BCUT2D eigenvalue weighted by atomic mass is 32.2. The molecule has 86 valence electrons.